The summed E-state index contributed by atoms with van der Waals surface area (Å²) in [7, 11) is 0. The maximum absolute atomic E-state index is 13.8. The fourth-order valence-electron chi connectivity index (χ4n) is 15.7. The highest BCUT2D eigenvalue weighted by atomic mass is 16.3. The lowest BCUT2D eigenvalue weighted by atomic mass is 9.32. The zero-order valence-electron chi connectivity index (χ0n) is 27.0. The van der Waals surface area contributed by atoms with E-state index in [9.17, 15) is 19.8 Å². The van der Waals surface area contributed by atoms with Crippen molar-refractivity contribution in [1.82, 2.24) is 0 Å². The van der Waals surface area contributed by atoms with Gasteiger partial charge in [0.15, 0.2) is 0 Å². The van der Waals surface area contributed by atoms with Crippen LogP contribution in [0.1, 0.15) is 137 Å². The quantitative estimate of drug-likeness (QED) is 0.337. The number of aliphatic hydroxyl groups is 2. The van der Waals surface area contributed by atoms with E-state index in [1.54, 1.807) is 0 Å². The van der Waals surface area contributed by atoms with E-state index >= 15 is 0 Å². The first-order valence-corrected chi connectivity index (χ1v) is 18.3. The van der Waals surface area contributed by atoms with E-state index in [1.165, 1.54) is 32.1 Å². The molecule has 0 heterocycles. The lowest BCUT2D eigenvalue weighted by Crippen LogP contribution is -2.67. The maximum Gasteiger partial charge on any atom is 0.133 e. The van der Waals surface area contributed by atoms with E-state index in [0.29, 0.717) is 71.8 Å². The molecule has 0 aliphatic heterocycles. The standard InChI is InChI=1S/C38H58O4/c1-34-15-13-29-26(28(34)8-10-32(34)41)12-18-38(21-23(39)11-17-36(29,38)3)31-20-24(40)19-22-5-6-25-27-7-9-33(42)35(27,2)16-14-30(25)37(22,31)4/h22,25-33,41-42H,5-21H2,1-4H3/t22?,25-,26-,27-,28-,29-,30+,31?,32-,33?,34-,35-,36+,37-,38?/m0/s1. The van der Waals surface area contributed by atoms with E-state index in [2.05, 4.69) is 27.7 Å². The van der Waals surface area contributed by atoms with E-state index in [-0.39, 0.29) is 39.3 Å². The van der Waals surface area contributed by atoms with E-state index in [4.69, 9.17) is 0 Å². The molecule has 0 spiro atoms. The van der Waals surface area contributed by atoms with Gasteiger partial charge in [0.05, 0.1) is 12.2 Å². The third kappa shape index (κ3) is 3.39. The fourth-order valence-corrected chi connectivity index (χ4v) is 15.7. The van der Waals surface area contributed by atoms with E-state index < -0.39 is 0 Å². The summed E-state index contributed by atoms with van der Waals surface area (Å²) in [5.74, 6) is 5.46. The molecule has 0 aromatic rings. The summed E-state index contributed by atoms with van der Waals surface area (Å²) in [5.41, 5.74) is 0.251. The molecular formula is C38H58O4. The third-order valence-electron chi connectivity index (χ3n) is 17.9. The molecular weight excluding hydrogens is 520 g/mol. The molecule has 4 unspecified atom stereocenters. The summed E-state index contributed by atoms with van der Waals surface area (Å²) in [4.78, 5) is 27.4. The number of Topliss-reactive ketones (excluding diaryl/α,β-unsaturated/α-hetero) is 2. The molecule has 8 aliphatic carbocycles. The van der Waals surface area contributed by atoms with Crippen LogP contribution in [-0.4, -0.2) is 34.0 Å². The van der Waals surface area contributed by atoms with Gasteiger partial charge in [-0.25, -0.2) is 0 Å². The first-order chi connectivity index (χ1) is 19.9. The summed E-state index contributed by atoms with van der Waals surface area (Å²) in [6.45, 7) is 10.00. The Hall–Kier alpha value is -0.740. The first-order valence-electron chi connectivity index (χ1n) is 18.3. The normalized spacial score (nSPS) is 60.5. The maximum atomic E-state index is 13.8. The van der Waals surface area contributed by atoms with E-state index in [1.807, 2.05) is 0 Å². The Labute approximate surface area is 254 Å². The van der Waals surface area contributed by atoms with Gasteiger partial charge in [0.2, 0.25) is 0 Å². The van der Waals surface area contributed by atoms with Crippen LogP contribution in [0.15, 0.2) is 0 Å². The Morgan fingerprint density at radius 3 is 1.88 bits per heavy atom. The summed E-state index contributed by atoms with van der Waals surface area (Å²) < 4.78 is 0. The van der Waals surface area contributed by atoms with Crippen molar-refractivity contribution in [3.05, 3.63) is 0 Å². The molecule has 8 saturated carbocycles. The minimum atomic E-state index is -0.156. The van der Waals surface area contributed by atoms with Crippen LogP contribution >= 0.6 is 0 Å². The molecule has 0 aromatic carbocycles. The molecule has 8 fully saturated rings. The number of carbonyl (C=O) groups is 2. The third-order valence-corrected chi connectivity index (χ3v) is 17.9. The number of carbonyl (C=O) groups excluding carboxylic acids is 2. The predicted octanol–water partition coefficient (Wildman–Crippen LogP) is 7.53. The van der Waals surface area contributed by atoms with E-state index in [0.717, 1.165) is 64.2 Å². The zero-order valence-corrected chi connectivity index (χ0v) is 27.0. The number of ketones is 2. The minimum Gasteiger partial charge on any atom is -0.393 e. The number of aliphatic hydroxyl groups excluding tert-OH is 2. The Balaban J connectivity index is 1.22. The number of hydrogen-bond donors (Lipinski definition) is 2. The van der Waals surface area contributed by atoms with Crippen molar-refractivity contribution in [3.8, 4) is 0 Å². The SMILES string of the molecule is C[C@]12C(CC[C@@H]3[C@H]1CC[C@]1(C)C(O)CC[C@@H]31)CC(=O)CC2C12CC[C@H]3[C@@H]4CC[C@H](O)[C@@]4(C)CC[C@@H]3[C@@]1(C)CCC(=O)C2. The summed E-state index contributed by atoms with van der Waals surface area (Å²) >= 11 is 0. The van der Waals surface area contributed by atoms with Gasteiger partial charge in [-0.2, -0.15) is 0 Å². The Morgan fingerprint density at radius 1 is 0.595 bits per heavy atom. The molecule has 8 aliphatic rings. The number of fused-ring (bicyclic) bond motifs is 10. The van der Waals surface area contributed by atoms with Crippen molar-refractivity contribution in [2.75, 3.05) is 0 Å². The van der Waals surface area contributed by atoms with Crippen molar-refractivity contribution >= 4 is 11.6 Å². The molecule has 8 rings (SSSR count). The Bertz CT molecular complexity index is 1160. The molecule has 2 N–H and O–H groups in total. The van der Waals surface area contributed by atoms with Crippen molar-refractivity contribution < 1.29 is 19.8 Å². The van der Waals surface area contributed by atoms with Crippen LogP contribution in [0, 0.1) is 74.4 Å². The number of hydrogen-bond acceptors (Lipinski definition) is 4. The molecule has 234 valence electrons. The van der Waals surface area contributed by atoms with Gasteiger partial charge in [-0.15, -0.1) is 0 Å². The summed E-state index contributed by atoms with van der Waals surface area (Å²) in [6, 6.07) is 0. The highest BCUT2D eigenvalue weighted by molar-refractivity contribution is 5.82. The molecule has 42 heavy (non-hydrogen) atoms. The van der Waals surface area contributed by atoms with Crippen molar-refractivity contribution in [3.63, 3.8) is 0 Å². The average Bonchev–Trinajstić information content (AvgIpc) is 3.43. The van der Waals surface area contributed by atoms with Crippen LogP contribution < -0.4 is 0 Å². The van der Waals surface area contributed by atoms with Gasteiger partial charge < -0.3 is 10.2 Å². The fraction of sp³-hybridized carbons (Fsp3) is 0.947. The molecule has 0 bridgehead atoms. The second kappa shape index (κ2) is 9.17. The van der Waals surface area contributed by atoms with Gasteiger partial charge in [-0.1, -0.05) is 27.7 Å². The molecule has 0 saturated heterocycles. The second-order valence-electron chi connectivity index (χ2n) is 18.5. The van der Waals surface area contributed by atoms with Crippen molar-refractivity contribution in [2.45, 2.75) is 149 Å². The zero-order chi connectivity index (χ0) is 29.4. The van der Waals surface area contributed by atoms with Crippen molar-refractivity contribution in [2.24, 2.45) is 74.4 Å². The first kappa shape index (κ1) is 28.7. The van der Waals surface area contributed by atoms with Crippen LogP contribution in [0.2, 0.25) is 0 Å². The van der Waals surface area contributed by atoms with Crippen LogP contribution in [0.4, 0.5) is 0 Å². The average molecular weight is 579 g/mol. The van der Waals surface area contributed by atoms with Gasteiger partial charge in [0.1, 0.15) is 11.6 Å². The smallest absolute Gasteiger partial charge is 0.133 e. The van der Waals surface area contributed by atoms with Crippen molar-refractivity contribution in [1.29, 1.82) is 0 Å². The highest BCUT2D eigenvalue weighted by Gasteiger charge is 2.72. The number of rotatable bonds is 1. The molecule has 4 nitrogen and oxygen atoms in total. The molecule has 0 aromatic heterocycles. The lowest BCUT2D eigenvalue weighted by Gasteiger charge is -2.72. The van der Waals surface area contributed by atoms with Gasteiger partial charge in [0, 0.05) is 25.7 Å². The van der Waals surface area contributed by atoms with Gasteiger partial charge >= 0.3 is 0 Å². The molecule has 0 radical (unpaired) electrons. The molecule has 0 amide bonds. The largest absolute Gasteiger partial charge is 0.393 e. The van der Waals surface area contributed by atoms with Gasteiger partial charge in [-0.05, 0) is 158 Å². The molecule has 15 atom stereocenters. The van der Waals surface area contributed by atoms with Crippen LogP contribution in [0.5, 0.6) is 0 Å². The van der Waals surface area contributed by atoms with Gasteiger partial charge in [-0.3, -0.25) is 9.59 Å². The Kier molecular flexibility index (Phi) is 6.27. The van der Waals surface area contributed by atoms with Gasteiger partial charge in [0.25, 0.3) is 0 Å². The monoisotopic (exact) mass is 578 g/mol. The lowest BCUT2D eigenvalue weighted by molar-refractivity contribution is -0.237. The molecule has 4 heteroatoms. The second-order valence-corrected chi connectivity index (χ2v) is 18.5. The van der Waals surface area contributed by atoms with Crippen LogP contribution in [0.3, 0.4) is 0 Å². The van der Waals surface area contributed by atoms with Crippen LogP contribution in [-0.2, 0) is 9.59 Å². The minimum absolute atomic E-state index is 0.0661. The van der Waals surface area contributed by atoms with Crippen LogP contribution in [0.25, 0.3) is 0 Å². The topological polar surface area (TPSA) is 74.6 Å². The summed E-state index contributed by atoms with van der Waals surface area (Å²) in [5, 5.41) is 22.2. The predicted molar refractivity (Wildman–Crippen MR) is 163 cm³/mol. The summed E-state index contributed by atoms with van der Waals surface area (Å²) in [6.07, 6.45) is 17.1. The Morgan fingerprint density at radius 2 is 1.21 bits per heavy atom. The highest BCUT2D eigenvalue weighted by Crippen LogP contribution is 2.77.